The van der Waals surface area contributed by atoms with Crippen LogP contribution in [0.3, 0.4) is 0 Å². The van der Waals surface area contributed by atoms with Crippen molar-refractivity contribution in [2.24, 2.45) is 0 Å². The number of rotatable bonds is 5. The van der Waals surface area contributed by atoms with Gasteiger partial charge in [-0.2, -0.15) is 0 Å². The maximum atomic E-state index is 11.6. The quantitative estimate of drug-likeness (QED) is 0.848. The highest BCUT2D eigenvalue weighted by Crippen LogP contribution is 2.20. The van der Waals surface area contributed by atoms with Gasteiger partial charge < -0.3 is 10.5 Å². The lowest BCUT2D eigenvalue weighted by Gasteiger charge is -2.09. The Balaban J connectivity index is 2.07. The van der Waals surface area contributed by atoms with Crippen LogP contribution in [-0.2, 0) is 16.3 Å². The number of hydrogen-bond donors (Lipinski definition) is 1. The summed E-state index contributed by atoms with van der Waals surface area (Å²) in [7, 11) is -3.35. The number of aromatic nitrogens is 1. The number of anilines is 1. The SMILES string of the molecule is CS(=O)(=O)c1cccnc1OCCc1ccccc1N. The molecule has 1 aromatic carbocycles. The van der Waals surface area contributed by atoms with Gasteiger partial charge in [0, 0.05) is 24.6 Å². The standard InChI is InChI=1S/C14H16N2O3S/c1-20(17,18)13-7-4-9-16-14(13)19-10-8-11-5-2-3-6-12(11)15/h2-7,9H,8,10,15H2,1H3. The smallest absolute Gasteiger partial charge is 0.232 e. The van der Waals surface area contributed by atoms with Gasteiger partial charge in [-0.3, -0.25) is 0 Å². The number of benzene rings is 1. The second-order valence-electron chi connectivity index (χ2n) is 4.38. The monoisotopic (exact) mass is 292 g/mol. The third kappa shape index (κ3) is 3.48. The molecule has 5 nitrogen and oxygen atoms in total. The van der Waals surface area contributed by atoms with E-state index in [0.717, 1.165) is 11.8 Å². The molecule has 0 unspecified atom stereocenters. The van der Waals surface area contributed by atoms with E-state index in [1.165, 1.54) is 12.3 Å². The summed E-state index contributed by atoms with van der Waals surface area (Å²) >= 11 is 0. The van der Waals surface area contributed by atoms with Crippen LogP contribution in [0.4, 0.5) is 5.69 Å². The third-order valence-corrected chi connectivity index (χ3v) is 3.91. The van der Waals surface area contributed by atoms with Crippen molar-refractivity contribution in [1.29, 1.82) is 0 Å². The lowest BCUT2D eigenvalue weighted by molar-refractivity contribution is 0.301. The Labute approximate surface area is 118 Å². The van der Waals surface area contributed by atoms with Crippen LogP contribution in [0.15, 0.2) is 47.5 Å². The van der Waals surface area contributed by atoms with Crippen LogP contribution in [0.5, 0.6) is 5.88 Å². The molecule has 2 aromatic rings. The Morgan fingerprint density at radius 1 is 1.20 bits per heavy atom. The van der Waals surface area contributed by atoms with Crippen LogP contribution in [0.25, 0.3) is 0 Å². The molecule has 0 radical (unpaired) electrons. The van der Waals surface area contributed by atoms with Crippen molar-refractivity contribution in [3.05, 3.63) is 48.2 Å². The fourth-order valence-corrected chi connectivity index (χ4v) is 2.54. The Bertz CT molecular complexity index is 699. The number of sulfone groups is 1. The highest BCUT2D eigenvalue weighted by Gasteiger charge is 2.15. The average molecular weight is 292 g/mol. The van der Waals surface area contributed by atoms with Crippen LogP contribution in [0.2, 0.25) is 0 Å². The first-order chi connectivity index (χ1) is 9.48. The summed E-state index contributed by atoms with van der Waals surface area (Å²) < 4.78 is 28.7. The van der Waals surface area contributed by atoms with E-state index in [2.05, 4.69) is 4.98 Å². The number of nitrogens with two attached hydrogens (primary N) is 1. The molecular formula is C14H16N2O3S. The first-order valence-electron chi connectivity index (χ1n) is 6.10. The Morgan fingerprint density at radius 2 is 1.95 bits per heavy atom. The molecule has 0 aliphatic carbocycles. The molecule has 0 amide bonds. The second kappa shape index (κ2) is 5.92. The largest absolute Gasteiger partial charge is 0.476 e. The highest BCUT2D eigenvalue weighted by molar-refractivity contribution is 7.90. The van der Waals surface area contributed by atoms with Gasteiger partial charge in [0.05, 0.1) is 6.61 Å². The Kier molecular flexibility index (Phi) is 4.24. The van der Waals surface area contributed by atoms with Crippen molar-refractivity contribution in [2.45, 2.75) is 11.3 Å². The third-order valence-electron chi connectivity index (χ3n) is 2.80. The fourth-order valence-electron chi connectivity index (χ4n) is 1.79. The van der Waals surface area contributed by atoms with Crippen molar-refractivity contribution in [2.75, 3.05) is 18.6 Å². The van der Waals surface area contributed by atoms with Gasteiger partial charge in [0.2, 0.25) is 5.88 Å². The van der Waals surface area contributed by atoms with E-state index in [0.29, 0.717) is 18.7 Å². The van der Waals surface area contributed by atoms with Crippen molar-refractivity contribution < 1.29 is 13.2 Å². The van der Waals surface area contributed by atoms with Crippen LogP contribution >= 0.6 is 0 Å². The first kappa shape index (κ1) is 14.3. The van der Waals surface area contributed by atoms with Gasteiger partial charge in [-0.25, -0.2) is 13.4 Å². The molecule has 20 heavy (non-hydrogen) atoms. The maximum absolute atomic E-state index is 11.6. The van der Waals surface area contributed by atoms with Gasteiger partial charge in [-0.05, 0) is 23.8 Å². The summed E-state index contributed by atoms with van der Waals surface area (Å²) in [5.74, 6) is 0.129. The summed E-state index contributed by atoms with van der Waals surface area (Å²) in [6.07, 6.45) is 3.22. The molecular weight excluding hydrogens is 276 g/mol. The molecule has 0 fully saturated rings. The summed E-state index contributed by atoms with van der Waals surface area (Å²) in [6, 6.07) is 10.5. The minimum absolute atomic E-state index is 0.0982. The molecule has 2 rings (SSSR count). The maximum Gasteiger partial charge on any atom is 0.232 e. The summed E-state index contributed by atoms with van der Waals surface area (Å²) in [5.41, 5.74) is 7.49. The van der Waals surface area contributed by atoms with E-state index in [1.807, 2.05) is 24.3 Å². The van der Waals surface area contributed by atoms with Crippen molar-refractivity contribution >= 4 is 15.5 Å². The number of pyridine rings is 1. The van der Waals surface area contributed by atoms with E-state index in [-0.39, 0.29) is 10.8 Å². The molecule has 0 bridgehead atoms. The van der Waals surface area contributed by atoms with E-state index in [9.17, 15) is 8.42 Å². The zero-order chi connectivity index (χ0) is 14.6. The second-order valence-corrected chi connectivity index (χ2v) is 6.36. The molecule has 1 aromatic heterocycles. The molecule has 0 aliphatic rings. The van der Waals surface area contributed by atoms with Gasteiger partial charge in [-0.15, -0.1) is 0 Å². The number of nitrogens with zero attached hydrogens (tertiary/aromatic N) is 1. The molecule has 0 saturated carbocycles. The lowest BCUT2D eigenvalue weighted by atomic mass is 10.1. The molecule has 0 saturated heterocycles. The normalized spacial score (nSPS) is 11.2. The number of hydrogen-bond acceptors (Lipinski definition) is 5. The molecule has 0 spiro atoms. The zero-order valence-electron chi connectivity index (χ0n) is 11.1. The van der Waals surface area contributed by atoms with Crippen molar-refractivity contribution in [1.82, 2.24) is 4.98 Å². The van der Waals surface area contributed by atoms with Gasteiger partial charge in [-0.1, -0.05) is 18.2 Å². The lowest BCUT2D eigenvalue weighted by Crippen LogP contribution is -2.08. The van der Waals surface area contributed by atoms with E-state index in [1.54, 1.807) is 6.07 Å². The van der Waals surface area contributed by atoms with Crippen LogP contribution < -0.4 is 10.5 Å². The predicted octanol–water partition coefficient (Wildman–Crippen LogP) is 1.69. The van der Waals surface area contributed by atoms with E-state index < -0.39 is 9.84 Å². The number of para-hydroxylation sites is 1. The Hall–Kier alpha value is -2.08. The van der Waals surface area contributed by atoms with Gasteiger partial charge in [0.15, 0.2) is 9.84 Å². The van der Waals surface area contributed by atoms with E-state index in [4.69, 9.17) is 10.5 Å². The van der Waals surface area contributed by atoms with Crippen molar-refractivity contribution in [3.63, 3.8) is 0 Å². The molecule has 6 heteroatoms. The van der Waals surface area contributed by atoms with Gasteiger partial charge in [0.1, 0.15) is 4.90 Å². The molecule has 2 N–H and O–H groups in total. The summed E-state index contributed by atoms with van der Waals surface area (Å²) in [4.78, 5) is 4.06. The molecule has 106 valence electrons. The van der Waals surface area contributed by atoms with E-state index >= 15 is 0 Å². The van der Waals surface area contributed by atoms with Crippen molar-refractivity contribution in [3.8, 4) is 5.88 Å². The summed E-state index contributed by atoms with van der Waals surface area (Å²) in [6.45, 7) is 0.313. The van der Waals surface area contributed by atoms with Crippen LogP contribution in [0, 0.1) is 0 Å². The molecule has 0 aliphatic heterocycles. The highest BCUT2D eigenvalue weighted by atomic mass is 32.2. The van der Waals surface area contributed by atoms with Gasteiger partial charge in [0.25, 0.3) is 0 Å². The number of nitrogen functional groups attached to an aromatic ring is 1. The minimum atomic E-state index is -3.35. The topological polar surface area (TPSA) is 82.3 Å². The average Bonchev–Trinajstić information content (AvgIpc) is 2.40. The Morgan fingerprint density at radius 3 is 2.65 bits per heavy atom. The molecule has 0 atom stereocenters. The predicted molar refractivity (Wildman–Crippen MR) is 77.4 cm³/mol. The number of ether oxygens (including phenoxy) is 1. The zero-order valence-corrected chi connectivity index (χ0v) is 11.9. The fraction of sp³-hybridized carbons (Fsp3) is 0.214. The van der Waals surface area contributed by atoms with Crippen LogP contribution in [0.1, 0.15) is 5.56 Å². The molecule has 1 heterocycles. The van der Waals surface area contributed by atoms with Gasteiger partial charge >= 0.3 is 0 Å². The van der Waals surface area contributed by atoms with Crippen LogP contribution in [-0.4, -0.2) is 26.3 Å². The summed E-state index contributed by atoms with van der Waals surface area (Å²) in [5, 5.41) is 0. The first-order valence-corrected chi connectivity index (χ1v) is 7.99. The minimum Gasteiger partial charge on any atom is -0.476 e.